The fourth-order valence-electron chi connectivity index (χ4n) is 21.4. The molecule has 8 heterocycles. The first-order chi connectivity index (χ1) is 72.9. The Bertz CT molecular complexity index is 9280. The minimum Gasteiger partial charge on any atom is -0.317 e. The highest BCUT2D eigenvalue weighted by atomic mass is 15.3. The molecule has 1 aliphatic heterocycles. The predicted molar refractivity (Wildman–Crippen MR) is 606 cm³/mol. The van der Waals surface area contributed by atoms with Crippen molar-refractivity contribution in [2.75, 3.05) is 4.90 Å². The Morgan fingerprint density at radius 2 is 0.605 bits per heavy atom. The summed E-state index contributed by atoms with van der Waals surface area (Å²) >= 11 is 0. The Hall–Kier alpha value is -19.6. The number of pyridine rings is 6. The summed E-state index contributed by atoms with van der Waals surface area (Å²) in [5, 5.41) is 14.9. The third-order valence-electron chi connectivity index (χ3n) is 28.3. The summed E-state index contributed by atoms with van der Waals surface area (Å²) < 4.78 is 0. The fourth-order valence-corrected chi connectivity index (χ4v) is 21.4. The van der Waals surface area contributed by atoms with Crippen molar-refractivity contribution in [2.45, 2.75) is 12.1 Å². The molecule has 0 bridgehead atoms. The van der Waals surface area contributed by atoms with Crippen molar-refractivity contribution in [3.63, 3.8) is 0 Å². The molecule has 2 aliphatic carbocycles. The van der Waals surface area contributed by atoms with Gasteiger partial charge in [-0.3, -0.25) is 29.9 Å². The quantitative estimate of drug-likeness (QED) is 0.0862. The number of anilines is 1. The van der Waals surface area contributed by atoms with E-state index in [0.29, 0.717) is 17.5 Å². The molecule has 0 radical (unpaired) electrons. The van der Waals surface area contributed by atoms with Crippen LogP contribution in [0.5, 0.6) is 0 Å². The zero-order chi connectivity index (χ0) is 97.5. The topological polar surface area (TPSA) is 132 Å². The van der Waals surface area contributed by atoms with Crippen LogP contribution in [-0.4, -0.2) is 62.8 Å². The molecule has 2 unspecified atom stereocenters. The highest BCUT2D eigenvalue weighted by molar-refractivity contribution is 6.29. The third-order valence-corrected chi connectivity index (χ3v) is 28.3. The largest absolute Gasteiger partial charge is 0.317 e. The lowest BCUT2D eigenvalue weighted by Crippen LogP contribution is -2.39. The van der Waals surface area contributed by atoms with Crippen molar-refractivity contribution in [2.24, 2.45) is 4.99 Å². The van der Waals surface area contributed by atoms with E-state index in [1.807, 2.05) is 128 Å². The first-order valence-corrected chi connectivity index (χ1v) is 49.7. The van der Waals surface area contributed by atoms with E-state index in [0.717, 1.165) is 107 Å². The SMILES string of the molecule is C1=CC2N=C(c3ccc(-c4ccc5c(-c6ccc7ccccc7c6)c6ccccc6c(-c6ccc7ccccc7c6)c5c4)cc3)N(c3ccccc3)C2C=C1.c1ccc(-c2ccc(-c3cc(-c4cccnc4)cc(-c4ccc(-c5cccc(-c6ccccn6)n5)nc4)c3)cn2)nc1.c1ccc(-c2nc(-c3ccccc3)nc(-c3ccc4c5c(cccc35)-c3c-4c(-c4ccccc4)c4ccccc4c3-c3ccccc3)n2)cc1. The zero-order valence-corrected chi connectivity index (χ0v) is 79.8. The Labute approximate surface area is 850 Å². The number of aliphatic imine (C=N–C) groups is 1. The molecule has 0 saturated carbocycles. The molecular weight excluding hydrogens is 1790 g/mol. The Morgan fingerprint density at radius 3 is 1.14 bits per heavy atom. The van der Waals surface area contributed by atoms with Crippen molar-refractivity contribution in [1.29, 1.82) is 0 Å². The van der Waals surface area contributed by atoms with E-state index in [9.17, 15) is 0 Å². The van der Waals surface area contributed by atoms with Gasteiger partial charge in [-0.05, 0) is 268 Å². The van der Waals surface area contributed by atoms with Crippen LogP contribution in [0.4, 0.5) is 5.69 Å². The summed E-state index contributed by atoms with van der Waals surface area (Å²) in [6.07, 6.45) is 19.7. The van der Waals surface area contributed by atoms with E-state index >= 15 is 0 Å². The summed E-state index contributed by atoms with van der Waals surface area (Å²) in [6, 6.07) is 165. The van der Waals surface area contributed by atoms with Gasteiger partial charge in [0.2, 0.25) is 0 Å². The van der Waals surface area contributed by atoms with Crippen molar-refractivity contribution < 1.29 is 0 Å². The average Bonchev–Trinajstić information content (AvgIpc) is 1.53. The number of rotatable bonds is 16. The zero-order valence-electron chi connectivity index (χ0n) is 79.8. The van der Waals surface area contributed by atoms with Gasteiger partial charge in [0.25, 0.3) is 0 Å². The maximum Gasteiger partial charge on any atom is 0.164 e. The van der Waals surface area contributed by atoms with Crippen LogP contribution in [0.15, 0.2) is 534 Å². The highest BCUT2D eigenvalue weighted by Crippen LogP contribution is 2.59. The molecule has 0 N–H and O–H groups in total. The average molecular weight is 1880 g/mol. The number of nitrogens with zero attached hydrogens (tertiary/aromatic N) is 11. The molecule has 25 aromatic rings. The molecule has 2 atom stereocenters. The second-order valence-corrected chi connectivity index (χ2v) is 37.1. The standard InChI is InChI=1S/C53H36N2.C47H29N3.C36H24N6/c1-2-16-44(17-3-1)55-50-21-11-10-20-49(50)54-53(55)38-26-22-37(23-27-38)41-30-31-47-48(34-41)52(43-29-25-36-13-5-7-15-40(36)33-43)46-19-9-8-18-45(46)51(47)42-28-24-35-12-4-6-14-39(35)32-42;1-5-16-30(17-6-1)40-34-24-13-14-25-35(34)41(31-18-7-2-8-19-31)44-39-29-28-37(36-26-15-27-38(42(36)39)43(40)44)47-49-45(32-20-9-3-10-21-32)48-46(50-47)33-22-11-4-12-23-33;1-3-17-38-31(8-1)33-14-12-26(23-40-33)29-19-28(25-7-6-16-37-22-25)20-30(21-29)27-13-15-34(41-24-27)36-11-5-10-35(42-36)32-9-2-4-18-39-32/h1-34,49-50H;1-29H;1-24H. The van der Waals surface area contributed by atoms with Crippen LogP contribution < -0.4 is 4.90 Å². The van der Waals surface area contributed by atoms with Gasteiger partial charge in [-0.2, -0.15) is 0 Å². The van der Waals surface area contributed by atoms with Gasteiger partial charge in [-0.15, -0.1) is 0 Å². The molecule has 28 rings (SSSR count). The summed E-state index contributed by atoms with van der Waals surface area (Å²) in [7, 11) is 0. The lowest BCUT2D eigenvalue weighted by atomic mass is 9.82. The fraction of sp³-hybridized carbons (Fsp3) is 0.0147. The first kappa shape index (κ1) is 87.6. The maximum absolute atomic E-state index is 5.24. The van der Waals surface area contributed by atoms with E-state index < -0.39 is 0 Å². The third kappa shape index (κ3) is 16.8. The van der Waals surface area contributed by atoms with Crippen LogP contribution in [0.25, 0.3) is 244 Å². The molecule has 7 aromatic heterocycles. The van der Waals surface area contributed by atoms with Crippen LogP contribution in [-0.2, 0) is 0 Å². The van der Waals surface area contributed by atoms with Gasteiger partial charge in [0, 0.05) is 81.8 Å². The Kier molecular flexibility index (Phi) is 22.9. The molecule has 3 aliphatic rings. The second kappa shape index (κ2) is 38.4. The van der Waals surface area contributed by atoms with Crippen LogP contribution in [0, 0.1) is 0 Å². The predicted octanol–water partition coefficient (Wildman–Crippen LogP) is 33.6. The van der Waals surface area contributed by atoms with Gasteiger partial charge in [0.15, 0.2) is 17.5 Å². The van der Waals surface area contributed by atoms with Crippen molar-refractivity contribution in [3.8, 4) is 180 Å². The summed E-state index contributed by atoms with van der Waals surface area (Å²) in [4.78, 5) is 50.3. The van der Waals surface area contributed by atoms with Crippen molar-refractivity contribution in [3.05, 3.63) is 534 Å². The lowest BCUT2D eigenvalue weighted by Gasteiger charge is -2.29. The van der Waals surface area contributed by atoms with Gasteiger partial charge in [-0.25, -0.2) is 19.9 Å². The minimum atomic E-state index is 0.0977. The molecule has 688 valence electrons. The molecule has 0 spiro atoms. The summed E-state index contributed by atoms with van der Waals surface area (Å²) in [5.41, 5.74) is 33.7. The number of allylic oxidation sites excluding steroid dienone is 2. The van der Waals surface area contributed by atoms with Gasteiger partial charge >= 0.3 is 0 Å². The number of fused-ring (bicyclic) bond motifs is 9. The van der Waals surface area contributed by atoms with Gasteiger partial charge < -0.3 is 4.90 Å². The van der Waals surface area contributed by atoms with Gasteiger partial charge in [-0.1, -0.05) is 382 Å². The van der Waals surface area contributed by atoms with Crippen LogP contribution >= 0.6 is 0 Å². The normalized spacial score (nSPS) is 13.1. The molecule has 18 aromatic carbocycles. The second-order valence-electron chi connectivity index (χ2n) is 37.1. The molecular formula is C136H89N11. The molecule has 0 fully saturated rings. The summed E-state index contributed by atoms with van der Waals surface area (Å²) in [6.45, 7) is 0. The van der Waals surface area contributed by atoms with E-state index in [2.05, 4.69) is 402 Å². The van der Waals surface area contributed by atoms with E-state index in [4.69, 9.17) is 34.9 Å². The first-order valence-electron chi connectivity index (χ1n) is 49.7. The monoisotopic (exact) mass is 1880 g/mol. The molecule has 0 amide bonds. The maximum atomic E-state index is 5.24. The van der Waals surface area contributed by atoms with Crippen molar-refractivity contribution >= 4 is 76.2 Å². The molecule has 11 heteroatoms. The van der Waals surface area contributed by atoms with Crippen molar-refractivity contribution in [1.82, 2.24) is 44.9 Å². The number of para-hydroxylation sites is 1. The molecule has 0 saturated heterocycles. The van der Waals surface area contributed by atoms with Gasteiger partial charge in [0.05, 0.1) is 46.2 Å². The minimum absolute atomic E-state index is 0.0977. The van der Waals surface area contributed by atoms with Gasteiger partial charge in [0.1, 0.15) is 5.84 Å². The number of hydrogen-bond donors (Lipinski definition) is 0. The van der Waals surface area contributed by atoms with Crippen LogP contribution in [0.1, 0.15) is 5.56 Å². The number of benzene rings is 18. The van der Waals surface area contributed by atoms with Crippen LogP contribution in [0.2, 0.25) is 0 Å². The number of hydrogen-bond acceptors (Lipinski definition) is 11. The molecule has 11 nitrogen and oxygen atoms in total. The summed E-state index contributed by atoms with van der Waals surface area (Å²) in [5.74, 6) is 2.98. The smallest absolute Gasteiger partial charge is 0.164 e. The van der Waals surface area contributed by atoms with E-state index in [1.54, 1.807) is 18.6 Å². The number of amidine groups is 1. The highest BCUT2D eigenvalue weighted by Gasteiger charge is 2.37. The van der Waals surface area contributed by atoms with Crippen LogP contribution in [0.3, 0.4) is 0 Å². The Morgan fingerprint density at radius 1 is 0.197 bits per heavy atom. The molecule has 147 heavy (non-hydrogen) atoms. The van der Waals surface area contributed by atoms with E-state index in [1.165, 1.54) is 137 Å². The Balaban J connectivity index is 0.000000113. The number of aromatic nitrogens is 9. The lowest BCUT2D eigenvalue weighted by molar-refractivity contribution is 0.739. The van der Waals surface area contributed by atoms with E-state index in [-0.39, 0.29) is 12.1 Å².